The molecule has 1 heterocycles. The second-order valence-electron chi connectivity index (χ2n) is 10.4. The van der Waals surface area contributed by atoms with Gasteiger partial charge in [0.15, 0.2) is 0 Å². The number of amides is 1. The number of carbonyl (C=O) groups is 2. The summed E-state index contributed by atoms with van der Waals surface area (Å²) in [7, 11) is 0. The van der Waals surface area contributed by atoms with Gasteiger partial charge >= 0.3 is 5.97 Å². The molecule has 1 aliphatic rings. The summed E-state index contributed by atoms with van der Waals surface area (Å²) in [6.45, 7) is 11.6. The summed E-state index contributed by atoms with van der Waals surface area (Å²) in [5, 5.41) is 12.8. The van der Waals surface area contributed by atoms with Gasteiger partial charge in [-0.3, -0.25) is 4.79 Å². The molecule has 0 aromatic heterocycles. The van der Waals surface area contributed by atoms with Gasteiger partial charge in [0.1, 0.15) is 18.4 Å². The van der Waals surface area contributed by atoms with Crippen molar-refractivity contribution in [3.8, 4) is 16.9 Å². The molecular weight excluding hydrogens is 470 g/mol. The summed E-state index contributed by atoms with van der Waals surface area (Å²) in [4.78, 5) is 27.7. The number of nitrogens with one attached hydrogen (secondary N) is 1. The highest BCUT2D eigenvalue weighted by molar-refractivity contribution is 5.93. The van der Waals surface area contributed by atoms with Gasteiger partial charge in [-0.15, -0.1) is 0 Å². The monoisotopic (exact) mass is 511 g/mol. The van der Waals surface area contributed by atoms with Crippen molar-refractivity contribution in [1.29, 1.82) is 0 Å². The number of aliphatic hydroxyl groups is 1. The molecule has 0 radical (unpaired) electrons. The van der Waals surface area contributed by atoms with Crippen LogP contribution in [0, 0.1) is 11.8 Å². The van der Waals surface area contributed by atoms with E-state index in [0.717, 1.165) is 29.7 Å². The van der Waals surface area contributed by atoms with E-state index in [9.17, 15) is 14.7 Å². The van der Waals surface area contributed by atoms with Crippen LogP contribution in [0.25, 0.3) is 11.1 Å². The van der Waals surface area contributed by atoms with Crippen molar-refractivity contribution in [3.05, 3.63) is 41.5 Å². The predicted molar refractivity (Wildman–Crippen MR) is 147 cm³/mol. The van der Waals surface area contributed by atoms with E-state index in [-0.39, 0.29) is 31.8 Å². The van der Waals surface area contributed by atoms with Crippen LogP contribution in [0.15, 0.2) is 30.3 Å². The Balaban J connectivity index is 2.06. The maximum absolute atomic E-state index is 13.5. The molecule has 0 spiro atoms. The van der Waals surface area contributed by atoms with E-state index in [4.69, 9.17) is 15.2 Å². The van der Waals surface area contributed by atoms with E-state index >= 15 is 0 Å². The number of hydrogen-bond donors (Lipinski definition) is 3. The van der Waals surface area contributed by atoms with Crippen LogP contribution < -0.4 is 15.8 Å². The molecule has 1 amide bonds. The molecule has 0 unspecified atom stereocenters. The summed E-state index contributed by atoms with van der Waals surface area (Å²) in [5.74, 6) is 0.932. The number of nitrogens with two attached hydrogens (primary N) is 1. The van der Waals surface area contributed by atoms with Crippen molar-refractivity contribution < 1.29 is 24.2 Å². The molecule has 0 fully saturated rings. The Bertz CT molecular complexity index is 1100. The van der Waals surface area contributed by atoms with Gasteiger partial charge in [-0.25, -0.2) is 4.79 Å². The maximum Gasteiger partial charge on any atom is 0.338 e. The zero-order valence-electron chi connectivity index (χ0n) is 22.7. The number of esters is 1. The average molecular weight is 512 g/mol. The quantitative estimate of drug-likeness (QED) is 0.296. The highest BCUT2D eigenvalue weighted by Crippen LogP contribution is 2.39. The van der Waals surface area contributed by atoms with E-state index < -0.39 is 5.97 Å². The van der Waals surface area contributed by atoms with Gasteiger partial charge in [0.25, 0.3) is 0 Å². The summed E-state index contributed by atoms with van der Waals surface area (Å²) >= 11 is 0. The van der Waals surface area contributed by atoms with Crippen molar-refractivity contribution in [2.75, 3.05) is 37.4 Å². The first-order valence-electron chi connectivity index (χ1n) is 13.2. The number of nitrogens with zero attached hydrogens (tertiary/aromatic N) is 1. The van der Waals surface area contributed by atoms with Crippen LogP contribution in [0.5, 0.6) is 5.75 Å². The van der Waals surface area contributed by atoms with Crippen molar-refractivity contribution in [2.45, 2.75) is 60.0 Å². The minimum Gasteiger partial charge on any atom is -0.491 e. The topological polar surface area (TPSA) is 114 Å². The Hall–Kier alpha value is -3.26. The third-order valence-corrected chi connectivity index (χ3v) is 6.39. The standard InChI is InChI=1S/C29H41N3O5/c1-6-36-29(35)20-7-8-22(27(15-20)37-12-11-33)23-14-21-17-32(10-9-18(2)3)28(34)26(13-19(4)5)31-25(21)16-24(23)30/h7-8,14-16,18-19,26,31,33H,6,9-13,17,30H2,1-5H3/t26-/m0/s1. The number of hydrogen-bond acceptors (Lipinski definition) is 7. The van der Waals surface area contributed by atoms with Gasteiger partial charge in [0.05, 0.1) is 18.8 Å². The molecule has 8 nitrogen and oxygen atoms in total. The van der Waals surface area contributed by atoms with Gasteiger partial charge in [-0.1, -0.05) is 27.7 Å². The number of ether oxygens (including phenoxy) is 2. The number of nitrogen functional groups attached to an aromatic ring is 1. The molecule has 0 bridgehead atoms. The second kappa shape index (κ2) is 12.8. The fraction of sp³-hybridized carbons (Fsp3) is 0.517. The number of anilines is 2. The van der Waals surface area contributed by atoms with Gasteiger partial charge in [-0.05, 0) is 67.5 Å². The van der Waals surface area contributed by atoms with Crippen LogP contribution in [-0.2, 0) is 16.1 Å². The lowest BCUT2D eigenvalue weighted by atomic mass is 9.97. The number of rotatable bonds is 11. The molecule has 1 aliphatic heterocycles. The SMILES string of the molecule is CCOC(=O)c1ccc(-c2cc3c(cc2N)N[C@@H](CC(C)C)C(=O)N(CCC(C)C)C3)c(OCCO)c1. The first-order valence-corrected chi connectivity index (χ1v) is 13.2. The summed E-state index contributed by atoms with van der Waals surface area (Å²) in [5.41, 5.74) is 10.7. The minimum absolute atomic E-state index is 0.0695. The number of fused-ring (bicyclic) bond motifs is 1. The third-order valence-electron chi connectivity index (χ3n) is 6.39. The van der Waals surface area contributed by atoms with E-state index in [2.05, 4.69) is 33.0 Å². The fourth-order valence-electron chi connectivity index (χ4n) is 4.51. The Morgan fingerprint density at radius 1 is 1.16 bits per heavy atom. The molecule has 8 heteroatoms. The first kappa shape index (κ1) is 28.3. The van der Waals surface area contributed by atoms with Gasteiger partial charge in [-0.2, -0.15) is 0 Å². The molecule has 37 heavy (non-hydrogen) atoms. The predicted octanol–water partition coefficient (Wildman–Crippen LogP) is 4.70. The normalized spacial score (nSPS) is 15.4. The first-order chi connectivity index (χ1) is 17.6. The van der Waals surface area contributed by atoms with Crippen LogP contribution in [0.4, 0.5) is 11.4 Å². The third kappa shape index (κ3) is 7.16. The Kier molecular flexibility index (Phi) is 9.80. The van der Waals surface area contributed by atoms with E-state index in [0.29, 0.717) is 47.5 Å². The maximum atomic E-state index is 13.5. The van der Waals surface area contributed by atoms with Crippen LogP contribution >= 0.6 is 0 Å². The lowest BCUT2D eigenvalue weighted by Gasteiger charge is -2.26. The molecule has 0 aliphatic carbocycles. The van der Waals surface area contributed by atoms with Gasteiger partial charge < -0.3 is 30.5 Å². The smallest absolute Gasteiger partial charge is 0.338 e. The molecule has 2 aromatic rings. The second-order valence-corrected chi connectivity index (χ2v) is 10.4. The zero-order valence-corrected chi connectivity index (χ0v) is 22.7. The Labute approximate surface area is 220 Å². The van der Waals surface area contributed by atoms with E-state index in [1.54, 1.807) is 25.1 Å². The average Bonchev–Trinajstić information content (AvgIpc) is 2.96. The molecule has 1 atom stereocenters. The van der Waals surface area contributed by atoms with Gasteiger partial charge in [0, 0.05) is 35.6 Å². The summed E-state index contributed by atoms with van der Waals surface area (Å²) < 4.78 is 10.9. The molecule has 202 valence electrons. The lowest BCUT2D eigenvalue weighted by Crippen LogP contribution is -2.41. The molecule has 2 aromatic carbocycles. The van der Waals surface area contributed by atoms with Crippen molar-refractivity contribution in [3.63, 3.8) is 0 Å². The van der Waals surface area contributed by atoms with Crippen molar-refractivity contribution in [1.82, 2.24) is 4.90 Å². The van der Waals surface area contributed by atoms with Crippen molar-refractivity contribution >= 4 is 23.3 Å². The van der Waals surface area contributed by atoms with E-state index in [1.807, 2.05) is 17.0 Å². The number of benzene rings is 2. The number of carbonyl (C=O) groups excluding carboxylic acids is 2. The summed E-state index contributed by atoms with van der Waals surface area (Å²) in [6, 6.07) is 8.64. The largest absolute Gasteiger partial charge is 0.491 e. The highest BCUT2D eigenvalue weighted by Gasteiger charge is 2.30. The Morgan fingerprint density at radius 3 is 2.57 bits per heavy atom. The fourth-order valence-corrected chi connectivity index (χ4v) is 4.51. The number of aliphatic hydroxyl groups excluding tert-OH is 1. The summed E-state index contributed by atoms with van der Waals surface area (Å²) in [6.07, 6.45) is 1.65. The van der Waals surface area contributed by atoms with Gasteiger partial charge in [0.2, 0.25) is 5.91 Å². The van der Waals surface area contributed by atoms with Crippen molar-refractivity contribution in [2.24, 2.45) is 11.8 Å². The molecule has 4 N–H and O–H groups in total. The molecule has 0 saturated carbocycles. The van der Waals surface area contributed by atoms with E-state index in [1.165, 1.54) is 0 Å². The van der Waals surface area contributed by atoms with Crippen LogP contribution in [-0.4, -0.2) is 54.3 Å². The highest BCUT2D eigenvalue weighted by atomic mass is 16.5. The zero-order chi connectivity index (χ0) is 27.1. The van der Waals surface area contributed by atoms with Crippen LogP contribution in [0.3, 0.4) is 0 Å². The Morgan fingerprint density at radius 2 is 1.92 bits per heavy atom. The molecule has 3 rings (SSSR count). The van der Waals surface area contributed by atoms with Crippen LogP contribution in [0.2, 0.25) is 0 Å². The van der Waals surface area contributed by atoms with Crippen LogP contribution in [0.1, 0.15) is 63.4 Å². The molecular formula is C29H41N3O5. The molecule has 0 saturated heterocycles. The minimum atomic E-state index is -0.447. The lowest BCUT2D eigenvalue weighted by molar-refractivity contribution is -0.132.